The van der Waals surface area contributed by atoms with Crippen LogP contribution in [0.5, 0.6) is 11.5 Å². The molecule has 0 aliphatic carbocycles. The van der Waals surface area contributed by atoms with Crippen LogP contribution in [0.15, 0.2) is 103 Å². The van der Waals surface area contributed by atoms with Crippen molar-refractivity contribution in [2.45, 2.75) is 19.0 Å². The van der Waals surface area contributed by atoms with E-state index in [2.05, 4.69) is 83.0 Å². The molecule has 0 bridgehead atoms. The van der Waals surface area contributed by atoms with Gasteiger partial charge in [0.1, 0.15) is 11.5 Å². The first-order chi connectivity index (χ1) is 17.7. The molecule has 1 atom stereocenters. The number of methoxy groups -OCH3 is 1. The van der Waals surface area contributed by atoms with E-state index in [1.54, 1.807) is 19.2 Å². The minimum absolute atomic E-state index is 0.0610. The Balaban J connectivity index is 1.34. The van der Waals surface area contributed by atoms with Crippen molar-refractivity contribution in [3.05, 3.63) is 125 Å². The summed E-state index contributed by atoms with van der Waals surface area (Å²) in [6.07, 6.45) is 0.976. The summed E-state index contributed by atoms with van der Waals surface area (Å²) < 4.78 is 11.1. The highest BCUT2D eigenvalue weighted by molar-refractivity contribution is 5.91. The number of fused-ring (bicyclic) bond motifs is 1. The van der Waals surface area contributed by atoms with E-state index in [1.807, 2.05) is 18.2 Å². The lowest BCUT2D eigenvalue weighted by atomic mass is 9.87. The van der Waals surface area contributed by atoms with Gasteiger partial charge in [0, 0.05) is 18.8 Å². The van der Waals surface area contributed by atoms with Crippen molar-refractivity contribution in [3.63, 3.8) is 0 Å². The minimum atomic E-state index is -0.205. The fourth-order valence-corrected chi connectivity index (χ4v) is 4.77. The van der Waals surface area contributed by atoms with Gasteiger partial charge in [0.05, 0.1) is 13.2 Å². The Morgan fingerprint density at radius 2 is 1.58 bits per heavy atom. The molecule has 5 rings (SSSR count). The van der Waals surface area contributed by atoms with Gasteiger partial charge in [-0.05, 0) is 65.1 Å². The van der Waals surface area contributed by atoms with Crippen LogP contribution in [-0.4, -0.2) is 31.1 Å². The first-order valence-electron chi connectivity index (χ1n) is 12.2. The van der Waals surface area contributed by atoms with E-state index in [0.29, 0.717) is 11.4 Å². The molecule has 4 aromatic carbocycles. The zero-order valence-corrected chi connectivity index (χ0v) is 20.4. The van der Waals surface area contributed by atoms with Crippen LogP contribution in [0, 0.1) is 0 Å². The van der Waals surface area contributed by atoms with Gasteiger partial charge in [-0.2, -0.15) is 0 Å². The standard InChI is InChI=1S/C31H30N2O3/c1-35-27-16-13-26(14-17-27)32-30(34)22-36-28-15-12-24-18-19-33(21-23-8-4-2-5-9-23)31(29(24)20-28)25-10-6-3-7-11-25/h2-17,20,31H,18-19,21-22H2,1H3,(H,32,34)/t31-/m1/s1. The largest absolute Gasteiger partial charge is 0.497 e. The van der Waals surface area contributed by atoms with Gasteiger partial charge >= 0.3 is 0 Å². The van der Waals surface area contributed by atoms with Crippen LogP contribution in [-0.2, 0) is 17.8 Å². The number of hydrogen-bond acceptors (Lipinski definition) is 4. The second kappa shape index (κ2) is 11.1. The lowest BCUT2D eigenvalue weighted by Crippen LogP contribution is -2.35. The predicted molar refractivity (Wildman–Crippen MR) is 142 cm³/mol. The van der Waals surface area contributed by atoms with E-state index in [-0.39, 0.29) is 18.6 Å². The zero-order valence-electron chi connectivity index (χ0n) is 20.4. The first-order valence-corrected chi connectivity index (χ1v) is 12.2. The maximum atomic E-state index is 12.5. The molecule has 1 aliphatic heterocycles. The van der Waals surface area contributed by atoms with E-state index in [9.17, 15) is 4.79 Å². The fourth-order valence-electron chi connectivity index (χ4n) is 4.77. The lowest BCUT2D eigenvalue weighted by Gasteiger charge is -2.38. The Kier molecular flexibility index (Phi) is 7.29. The summed E-state index contributed by atoms with van der Waals surface area (Å²) in [7, 11) is 1.61. The van der Waals surface area contributed by atoms with Crippen molar-refractivity contribution in [1.29, 1.82) is 0 Å². The molecule has 5 heteroatoms. The van der Waals surface area contributed by atoms with Crippen LogP contribution < -0.4 is 14.8 Å². The summed E-state index contributed by atoms with van der Waals surface area (Å²) >= 11 is 0. The number of anilines is 1. The second-order valence-corrected chi connectivity index (χ2v) is 8.95. The van der Waals surface area contributed by atoms with Gasteiger partial charge in [0.15, 0.2) is 6.61 Å². The number of hydrogen-bond donors (Lipinski definition) is 1. The number of benzene rings is 4. The number of nitrogens with one attached hydrogen (secondary N) is 1. The Bertz CT molecular complexity index is 1290. The number of rotatable bonds is 8. The van der Waals surface area contributed by atoms with E-state index >= 15 is 0 Å². The molecule has 0 spiro atoms. The molecule has 1 heterocycles. The van der Waals surface area contributed by atoms with Crippen LogP contribution in [0.1, 0.15) is 28.3 Å². The number of carbonyl (C=O) groups excluding carboxylic acids is 1. The fraction of sp³-hybridized carbons (Fsp3) is 0.194. The topological polar surface area (TPSA) is 50.8 Å². The molecular formula is C31H30N2O3. The SMILES string of the molecule is COc1ccc(NC(=O)COc2ccc3c(c2)[C@@H](c2ccccc2)N(Cc2ccccc2)CC3)cc1. The van der Waals surface area contributed by atoms with E-state index < -0.39 is 0 Å². The Labute approximate surface area is 212 Å². The molecule has 1 aliphatic rings. The summed E-state index contributed by atoms with van der Waals surface area (Å²) in [4.78, 5) is 15.0. The Morgan fingerprint density at radius 1 is 0.889 bits per heavy atom. The van der Waals surface area contributed by atoms with Gasteiger partial charge in [-0.3, -0.25) is 9.69 Å². The third kappa shape index (κ3) is 5.58. The molecule has 182 valence electrons. The summed E-state index contributed by atoms with van der Waals surface area (Å²) in [5, 5.41) is 2.87. The van der Waals surface area contributed by atoms with Crippen molar-refractivity contribution in [3.8, 4) is 11.5 Å². The van der Waals surface area contributed by atoms with Crippen LogP contribution in [0.4, 0.5) is 5.69 Å². The summed E-state index contributed by atoms with van der Waals surface area (Å²) in [5.74, 6) is 1.23. The van der Waals surface area contributed by atoms with Gasteiger partial charge in [-0.1, -0.05) is 66.7 Å². The molecule has 0 fully saturated rings. The van der Waals surface area contributed by atoms with Gasteiger partial charge < -0.3 is 14.8 Å². The molecule has 0 radical (unpaired) electrons. The van der Waals surface area contributed by atoms with Crippen LogP contribution in [0.2, 0.25) is 0 Å². The smallest absolute Gasteiger partial charge is 0.262 e. The third-order valence-electron chi connectivity index (χ3n) is 6.53. The molecule has 0 unspecified atom stereocenters. The van der Waals surface area contributed by atoms with Gasteiger partial charge in [0.25, 0.3) is 5.91 Å². The Morgan fingerprint density at radius 3 is 2.31 bits per heavy atom. The monoisotopic (exact) mass is 478 g/mol. The average molecular weight is 479 g/mol. The maximum Gasteiger partial charge on any atom is 0.262 e. The number of ether oxygens (including phenoxy) is 2. The van der Waals surface area contributed by atoms with Crippen molar-refractivity contribution < 1.29 is 14.3 Å². The molecule has 1 N–H and O–H groups in total. The molecule has 0 saturated heterocycles. The predicted octanol–water partition coefficient (Wildman–Crippen LogP) is 5.86. The minimum Gasteiger partial charge on any atom is -0.497 e. The summed E-state index contributed by atoms with van der Waals surface area (Å²) in [5.41, 5.74) is 5.81. The van der Waals surface area contributed by atoms with Crippen molar-refractivity contribution in [1.82, 2.24) is 4.90 Å². The Hall–Kier alpha value is -4.09. The second-order valence-electron chi connectivity index (χ2n) is 8.95. The normalized spacial score (nSPS) is 15.1. The highest BCUT2D eigenvalue weighted by Gasteiger charge is 2.29. The van der Waals surface area contributed by atoms with Crippen LogP contribution in [0.25, 0.3) is 0 Å². The molecule has 0 saturated carbocycles. The van der Waals surface area contributed by atoms with E-state index in [0.717, 1.165) is 25.3 Å². The highest BCUT2D eigenvalue weighted by atomic mass is 16.5. The van der Waals surface area contributed by atoms with Crippen molar-refractivity contribution in [2.24, 2.45) is 0 Å². The molecule has 36 heavy (non-hydrogen) atoms. The zero-order chi connectivity index (χ0) is 24.7. The van der Waals surface area contributed by atoms with E-state index in [1.165, 1.54) is 22.3 Å². The average Bonchev–Trinajstić information content (AvgIpc) is 2.93. The number of nitrogens with zero attached hydrogens (tertiary/aromatic N) is 1. The number of carbonyl (C=O) groups is 1. The van der Waals surface area contributed by atoms with Crippen LogP contribution >= 0.6 is 0 Å². The molecule has 1 amide bonds. The molecular weight excluding hydrogens is 448 g/mol. The third-order valence-corrected chi connectivity index (χ3v) is 6.53. The summed E-state index contributed by atoms with van der Waals surface area (Å²) in [6, 6.07) is 34.8. The molecule has 0 aromatic heterocycles. The van der Waals surface area contributed by atoms with Gasteiger partial charge in [-0.15, -0.1) is 0 Å². The van der Waals surface area contributed by atoms with Crippen LogP contribution in [0.3, 0.4) is 0 Å². The van der Waals surface area contributed by atoms with E-state index in [4.69, 9.17) is 9.47 Å². The lowest BCUT2D eigenvalue weighted by molar-refractivity contribution is -0.118. The highest BCUT2D eigenvalue weighted by Crippen LogP contribution is 2.38. The van der Waals surface area contributed by atoms with Crippen molar-refractivity contribution in [2.75, 3.05) is 25.6 Å². The molecule has 4 aromatic rings. The summed E-state index contributed by atoms with van der Waals surface area (Å²) in [6.45, 7) is 1.79. The van der Waals surface area contributed by atoms with Gasteiger partial charge in [0.2, 0.25) is 0 Å². The van der Waals surface area contributed by atoms with Crippen molar-refractivity contribution >= 4 is 11.6 Å². The maximum absolute atomic E-state index is 12.5. The quantitative estimate of drug-likeness (QED) is 0.345. The first kappa shape index (κ1) is 23.6. The van der Waals surface area contributed by atoms with Gasteiger partial charge in [-0.25, -0.2) is 0 Å². The number of amides is 1. The molecule has 5 nitrogen and oxygen atoms in total.